The zero-order valence-electron chi connectivity index (χ0n) is 37.3. The second-order valence-corrected chi connectivity index (χ2v) is 18.3. The highest BCUT2D eigenvalue weighted by atomic mass is 16.6. The van der Waals surface area contributed by atoms with E-state index < -0.39 is 5.41 Å². The van der Waals surface area contributed by atoms with Crippen molar-refractivity contribution in [3.63, 3.8) is 0 Å². The first-order chi connectivity index (χ1) is 33.0. The van der Waals surface area contributed by atoms with Gasteiger partial charge in [-0.2, -0.15) is 0 Å². The molecule has 0 saturated carbocycles. The lowest BCUT2D eigenvalue weighted by atomic mass is 9.65. The standard InChI is InChI=1S/C64H45NO2/c1-63(2)51-31-12-10-29-49(51)60-54(63)34-19-35-56(60)65(46-26-17-24-44(40-46)42-20-5-3-6-21-42)47-27-18-25-45(41-47)64(52-32-13-9-28-48(52)43-22-7-4-8-23-43)53-33-14-11-30-50(53)61-55(64)38-39-59-62(61)67-58-37-16-15-36-57(58)66-59/h3-41H,1-2H3. The van der Waals surface area contributed by atoms with Crippen LogP contribution in [0.1, 0.15) is 47.2 Å². The molecule has 318 valence electrons. The van der Waals surface area contributed by atoms with E-state index in [1.807, 2.05) is 24.3 Å². The lowest BCUT2D eigenvalue weighted by molar-refractivity contribution is 0.360. The third-order valence-corrected chi connectivity index (χ3v) is 14.4. The maximum atomic E-state index is 6.94. The van der Waals surface area contributed by atoms with Crippen LogP contribution in [0.3, 0.4) is 0 Å². The quantitative estimate of drug-likeness (QED) is 0.159. The maximum absolute atomic E-state index is 6.94. The van der Waals surface area contributed by atoms with Crippen molar-refractivity contribution in [1.29, 1.82) is 0 Å². The van der Waals surface area contributed by atoms with Gasteiger partial charge in [0.1, 0.15) is 0 Å². The second kappa shape index (κ2) is 15.1. The Balaban J connectivity index is 1.11. The van der Waals surface area contributed by atoms with Gasteiger partial charge in [-0.1, -0.05) is 202 Å². The summed E-state index contributed by atoms with van der Waals surface area (Å²) >= 11 is 0. The van der Waals surface area contributed by atoms with Crippen LogP contribution in [0.25, 0.3) is 44.5 Å². The molecule has 0 bridgehead atoms. The molecule has 0 fully saturated rings. The molecule has 1 aliphatic heterocycles. The van der Waals surface area contributed by atoms with Gasteiger partial charge in [0.25, 0.3) is 0 Å². The zero-order valence-corrected chi connectivity index (χ0v) is 37.3. The Morgan fingerprint density at radius 1 is 0.343 bits per heavy atom. The Kier molecular flexibility index (Phi) is 8.78. The minimum atomic E-state index is -0.783. The number of fused-ring (bicyclic) bond motifs is 9. The summed E-state index contributed by atoms with van der Waals surface area (Å²) < 4.78 is 13.6. The fourth-order valence-electron chi connectivity index (χ4n) is 11.5. The molecule has 0 aromatic heterocycles. The number of rotatable bonds is 7. The smallest absolute Gasteiger partial charge is 0.178 e. The van der Waals surface area contributed by atoms with Crippen LogP contribution in [0.4, 0.5) is 17.1 Å². The molecule has 3 aliphatic rings. The number of anilines is 3. The van der Waals surface area contributed by atoms with Gasteiger partial charge in [-0.3, -0.25) is 0 Å². The van der Waals surface area contributed by atoms with Crippen molar-refractivity contribution < 1.29 is 9.47 Å². The van der Waals surface area contributed by atoms with Gasteiger partial charge in [-0.25, -0.2) is 0 Å². The van der Waals surface area contributed by atoms with Crippen LogP contribution in [0, 0.1) is 0 Å². The Morgan fingerprint density at radius 2 is 0.881 bits per heavy atom. The maximum Gasteiger partial charge on any atom is 0.178 e. The Hall–Kier alpha value is -8.40. The van der Waals surface area contributed by atoms with E-state index >= 15 is 0 Å². The molecule has 0 N–H and O–H groups in total. The molecular formula is C64H45NO2. The first-order valence-corrected chi connectivity index (χ1v) is 23.2. The van der Waals surface area contributed by atoms with Gasteiger partial charge in [0.2, 0.25) is 0 Å². The van der Waals surface area contributed by atoms with E-state index in [0.29, 0.717) is 17.2 Å². The lowest BCUT2D eigenvalue weighted by Gasteiger charge is -2.37. The summed E-state index contributed by atoms with van der Waals surface area (Å²) in [6.45, 7) is 4.72. The molecule has 3 nitrogen and oxygen atoms in total. The highest BCUT2D eigenvalue weighted by Gasteiger charge is 2.50. The summed E-state index contributed by atoms with van der Waals surface area (Å²) in [5.74, 6) is 2.86. The molecule has 2 aliphatic carbocycles. The lowest BCUT2D eigenvalue weighted by Crippen LogP contribution is -2.29. The molecule has 0 amide bonds. The van der Waals surface area contributed by atoms with Gasteiger partial charge in [-0.05, 0) is 115 Å². The van der Waals surface area contributed by atoms with E-state index in [-0.39, 0.29) is 5.41 Å². The molecule has 1 unspecified atom stereocenters. The van der Waals surface area contributed by atoms with Crippen LogP contribution in [-0.2, 0) is 10.8 Å². The predicted molar refractivity (Wildman–Crippen MR) is 273 cm³/mol. The number of benzene rings is 10. The molecular weight excluding hydrogens is 815 g/mol. The number of para-hydroxylation sites is 2. The highest BCUT2D eigenvalue weighted by molar-refractivity contribution is 5.97. The summed E-state index contributed by atoms with van der Waals surface area (Å²) in [6.07, 6.45) is 0. The van der Waals surface area contributed by atoms with Gasteiger partial charge in [0.15, 0.2) is 23.0 Å². The molecule has 10 aromatic carbocycles. The molecule has 1 atom stereocenters. The summed E-state index contributed by atoms with van der Waals surface area (Å²) in [5.41, 5.74) is 19.0. The number of nitrogens with zero attached hydrogens (tertiary/aromatic N) is 1. The molecule has 0 saturated heterocycles. The zero-order chi connectivity index (χ0) is 44.7. The van der Waals surface area contributed by atoms with Crippen molar-refractivity contribution in [2.45, 2.75) is 24.7 Å². The molecule has 0 spiro atoms. The van der Waals surface area contributed by atoms with E-state index in [2.05, 4.69) is 231 Å². The van der Waals surface area contributed by atoms with Gasteiger partial charge < -0.3 is 14.4 Å². The Bertz CT molecular complexity index is 3570. The third kappa shape index (κ3) is 5.84. The van der Waals surface area contributed by atoms with E-state index in [1.165, 1.54) is 44.5 Å². The molecule has 67 heavy (non-hydrogen) atoms. The minimum absolute atomic E-state index is 0.171. The average molecular weight is 860 g/mol. The van der Waals surface area contributed by atoms with Crippen molar-refractivity contribution in [3.8, 4) is 67.5 Å². The Morgan fingerprint density at radius 3 is 1.63 bits per heavy atom. The predicted octanol–water partition coefficient (Wildman–Crippen LogP) is 17.1. The van der Waals surface area contributed by atoms with Crippen LogP contribution in [0.5, 0.6) is 23.0 Å². The summed E-state index contributed by atoms with van der Waals surface area (Å²) in [7, 11) is 0. The fraction of sp³-hybridized carbons (Fsp3) is 0.0625. The number of ether oxygens (including phenoxy) is 2. The van der Waals surface area contributed by atoms with Crippen LogP contribution in [0.2, 0.25) is 0 Å². The summed E-state index contributed by atoms with van der Waals surface area (Å²) in [5, 5.41) is 0. The van der Waals surface area contributed by atoms with E-state index in [9.17, 15) is 0 Å². The van der Waals surface area contributed by atoms with Gasteiger partial charge in [0, 0.05) is 27.9 Å². The van der Waals surface area contributed by atoms with Crippen molar-refractivity contribution in [1.82, 2.24) is 0 Å². The van der Waals surface area contributed by atoms with E-state index in [0.717, 1.165) is 56.2 Å². The first kappa shape index (κ1) is 39.0. The van der Waals surface area contributed by atoms with Crippen LogP contribution >= 0.6 is 0 Å². The molecule has 13 rings (SSSR count). The van der Waals surface area contributed by atoms with Crippen molar-refractivity contribution >= 4 is 17.1 Å². The highest BCUT2D eigenvalue weighted by Crippen LogP contribution is 2.64. The summed E-state index contributed by atoms with van der Waals surface area (Å²) in [6, 6.07) is 85.8. The van der Waals surface area contributed by atoms with Crippen molar-refractivity contribution in [2.24, 2.45) is 0 Å². The molecule has 3 heteroatoms. The number of hydrogen-bond acceptors (Lipinski definition) is 3. The number of hydrogen-bond donors (Lipinski definition) is 0. The summed E-state index contributed by atoms with van der Waals surface area (Å²) in [4.78, 5) is 2.49. The Labute approximate surface area is 391 Å². The van der Waals surface area contributed by atoms with Gasteiger partial charge in [0.05, 0.1) is 11.1 Å². The first-order valence-electron chi connectivity index (χ1n) is 23.2. The SMILES string of the molecule is CC1(C)c2ccccc2-c2c(N(c3cccc(-c4ccccc4)c3)c3cccc(C4(c5ccccc5-c5ccccc5)c5ccccc5-c5c4ccc4c5Oc5ccccc5O4)c3)cccc21. The molecule has 10 aromatic rings. The monoisotopic (exact) mass is 859 g/mol. The minimum Gasteiger partial charge on any atom is -0.449 e. The fourth-order valence-corrected chi connectivity index (χ4v) is 11.5. The topological polar surface area (TPSA) is 21.7 Å². The van der Waals surface area contributed by atoms with Crippen LogP contribution < -0.4 is 14.4 Å². The largest absolute Gasteiger partial charge is 0.449 e. The van der Waals surface area contributed by atoms with Crippen LogP contribution in [-0.4, -0.2) is 0 Å². The third-order valence-electron chi connectivity index (χ3n) is 14.4. The second-order valence-electron chi connectivity index (χ2n) is 18.3. The van der Waals surface area contributed by atoms with Crippen molar-refractivity contribution in [2.75, 3.05) is 4.90 Å². The van der Waals surface area contributed by atoms with E-state index in [1.54, 1.807) is 0 Å². The van der Waals surface area contributed by atoms with Gasteiger partial charge in [-0.15, -0.1) is 0 Å². The normalized spacial score (nSPS) is 15.4. The average Bonchev–Trinajstić information content (AvgIpc) is 3.83. The molecule has 1 heterocycles. The van der Waals surface area contributed by atoms with Crippen molar-refractivity contribution in [3.05, 3.63) is 270 Å². The van der Waals surface area contributed by atoms with Gasteiger partial charge >= 0.3 is 0 Å². The van der Waals surface area contributed by atoms with Crippen LogP contribution in [0.15, 0.2) is 237 Å². The van der Waals surface area contributed by atoms with E-state index in [4.69, 9.17) is 9.47 Å². The molecule has 0 radical (unpaired) electrons.